The zero-order valence-electron chi connectivity index (χ0n) is 14.0. The SMILES string of the molecule is Oc1ccc(F)cc1-c1cc(N2CC3CC2CN3c2ccccn2)n[nH]1. The highest BCUT2D eigenvalue weighted by Crippen LogP contribution is 2.37. The lowest BCUT2D eigenvalue weighted by atomic mass is 10.1. The molecule has 2 atom stereocenters. The third-order valence-electron chi connectivity index (χ3n) is 5.29. The van der Waals surface area contributed by atoms with E-state index in [4.69, 9.17) is 0 Å². The predicted molar refractivity (Wildman–Crippen MR) is 96.8 cm³/mol. The number of aromatic hydroxyl groups is 1. The van der Waals surface area contributed by atoms with Crippen molar-refractivity contribution in [3.63, 3.8) is 0 Å². The minimum absolute atomic E-state index is 0.0332. The monoisotopic (exact) mass is 351 g/mol. The zero-order valence-corrected chi connectivity index (χ0v) is 14.0. The van der Waals surface area contributed by atoms with Gasteiger partial charge >= 0.3 is 0 Å². The van der Waals surface area contributed by atoms with E-state index in [-0.39, 0.29) is 11.6 Å². The number of fused-ring (bicyclic) bond motifs is 2. The summed E-state index contributed by atoms with van der Waals surface area (Å²) in [5.41, 5.74) is 1.03. The van der Waals surface area contributed by atoms with E-state index in [9.17, 15) is 9.50 Å². The van der Waals surface area contributed by atoms with Crippen molar-refractivity contribution < 1.29 is 9.50 Å². The molecular weight excluding hydrogens is 333 g/mol. The number of benzene rings is 1. The first-order valence-electron chi connectivity index (χ1n) is 8.67. The van der Waals surface area contributed by atoms with Gasteiger partial charge in [0.25, 0.3) is 0 Å². The summed E-state index contributed by atoms with van der Waals surface area (Å²) < 4.78 is 13.5. The molecule has 5 rings (SSSR count). The Morgan fingerprint density at radius 2 is 1.85 bits per heavy atom. The summed E-state index contributed by atoms with van der Waals surface area (Å²) in [6.07, 6.45) is 2.90. The molecule has 4 heterocycles. The molecule has 2 bridgehead atoms. The van der Waals surface area contributed by atoms with Crippen LogP contribution in [0.5, 0.6) is 5.75 Å². The maximum Gasteiger partial charge on any atom is 0.151 e. The molecular formula is C19H18FN5O. The molecule has 26 heavy (non-hydrogen) atoms. The third-order valence-corrected chi connectivity index (χ3v) is 5.29. The van der Waals surface area contributed by atoms with Crippen LogP contribution in [0.1, 0.15) is 6.42 Å². The minimum atomic E-state index is -0.389. The quantitative estimate of drug-likeness (QED) is 0.759. The van der Waals surface area contributed by atoms with E-state index in [2.05, 4.69) is 25.0 Å². The topological polar surface area (TPSA) is 68.3 Å². The molecule has 7 heteroatoms. The van der Waals surface area contributed by atoms with Crippen molar-refractivity contribution >= 4 is 11.6 Å². The summed E-state index contributed by atoms with van der Waals surface area (Å²) in [4.78, 5) is 9.09. The molecule has 2 aliphatic rings. The second-order valence-corrected chi connectivity index (χ2v) is 6.84. The fourth-order valence-electron chi connectivity index (χ4n) is 4.07. The first-order valence-corrected chi connectivity index (χ1v) is 8.67. The Morgan fingerprint density at radius 1 is 1.04 bits per heavy atom. The number of phenolic OH excluding ortho intramolecular Hbond substituents is 1. The number of hydrogen-bond donors (Lipinski definition) is 2. The summed E-state index contributed by atoms with van der Waals surface area (Å²) in [5, 5.41) is 17.3. The van der Waals surface area contributed by atoms with Gasteiger partial charge in [-0.05, 0) is 36.8 Å². The van der Waals surface area contributed by atoms with E-state index in [1.54, 1.807) is 0 Å². The van der Waals surface area contributed by atoms with Crippen LogP contribution in [0.25, 0.3) is 11.3 Å². The van der Waals surface area contributed by atoms with Gasteiger partial charge in [0.2, 0.25) is 0 Å². The van der Waals surface area contributed by atoms with Gasteiger partial charge in [0.05, 0.1) is 17.8 Å². The molecule has 2 fully saturated rings. The molecule has 0 spiro atoms. The molecule has 2 N–H and O–H groups in total. The number of anilines is 2. The predicted octanol–water partition coefficient (Wildman–Crippen LogP) is 2.78. The first-order chi connectivity index (χ1) is 12.7. The molecule has 0 aliphatic carbocycles. The Balaban J connectivity index is 1.37. The minimum Gasteiger partial charge on any atom is -0.507 e. The maximum absolute atomic E-state index is 13.5. The summed E-state index contributed by atoms with van der Waals surface area (Å²) in [5.74, 6) is 1.50. The van der Waals surface area contributed by atoms with E-state index >= 15 is 0 Å². The van der Waals surface area contributed by atoms with E-state index in [0.29, 0.717) is 23.3 Å². The van der Waals surface area contributed by atoms with Gasteiger partial charge in [-0.25, -0.2) is 9.37 Å². The average molecular weight is 351 g/mol. The van der Waals surface area contributed by atoms with Crippen LogP contribution < -0.4 is 9.80 Å². The van der Waals surface area contributed by atoms with Crippen LogP contribution in [-0.2, 0) is 0 Å². The Bertz CT molecular complexity index is 944. The number of halogens is 1. The molecule has 2 saturated heterocycles. The molecule has 6 nitrogen and oxygen atoms in total. The van der Waals surface area contributed by atoms with Gasteiger partial charge in [0.1, 0.15) is 17.4 Å². The lowest BCUT2D eigenvalue weighted by Crippen LogP contribution is -2.47. The fourth-order valence-corrected chi connectivity index (χ4v) is 4.07. The van der Waals surface area contributed by atoms with Crippen molar-refractivity contribution in [1.82, 2.24) is 15.2 Å². The van der Waals surface area contributed by atoms with E-state index in [0.717, 1.165) is 31.1 Å². The van der Waals surface area contributed by atoms with Gasteiger partial charge in [0, 0.05) is 30.9 Å². The third kappa shape index (κ3) is 2.39. The zero-order chi connectivity index (χ0) is 17.7. The van der Waals surface area contributed by atoms with Crippen molar-refractivity contribution in [3.05, 3.63) is 54.5 Å². The molecule has 132 valence electrons. The van der Waals surface area contributed by atoms with Crippen molar-refractivity contribution in [2.45, 2.75) is 18.5 Å². The van der Waals surface area contributed by atoms with Crippen molar-refractivity contribution in [2.24, 2.45) is 0 Å². The number of nitrogens with zero attached hydrogens (tertiary/aromatic N) is 4. The average Bonchev–Trinajstić information content (AvgIpc) is 3.39. The number of H-pyrrole nitrogens is 1. The first kappa shape index (κ1) is 15.2. The number of pyridine rings is 1. The van der Waals surface area contributed by atoms with Crippen LogP contribution in [0.3, 0.4) is 0 Å². The van der Waals surface area contributed by atoms with Crippen LogP contribution in [0.4, 0.5) is 16.0 Å². The van der Waals surface area contributed by atoms with Crippen molar-refractivity contribution in [2.75, 3.05) is 22.9 Å². The number of piperazine rings is 1. The largest absolute Gasteiger partial charge is 0.507 e. The van der Waals surface area contributed by atoms with Crippen molar-refractivity contribution in [1.29, 1.82) is 0 Å². The molecule has 2 unspecified atom stereocenters. The van der Waals surface area contributed by atoms with Gasteiger partial charge < -0.3 is 14.9 Å². The van der Waals surface area contributed by atoms with E-state index in [1.165, 1.54) is 18.2 Å². The summed E-state index contributed by atoms with van der Waals surface area (Å²) in [6.45, 7) is 1.79. The second kappa shape index (κ2) is 5.72. The highest BCUT2D eigenvalue weighted by molar-refractivity contribution is 5.69. The van der Waals surface area contributed by atoms with Gasteiger partial charge in [-0.15, -0.1) is 0 Å². The van der Waals surface area contributed by atoms with Gasteiger partial charge in [0.15, 0.2) is 5.82 Å². The Kier molecular flexibility index (Phi) is 3.34. The number of aromatic amines is 1. The normalized spacial score (nSPS) is 21.6. The molecule has 0 amide bonds. The molecule has 0 radical (unpaired) electrons. The summed E-state index contributed by atoms with van der Waals surface area (Å²) in [7, 11) is 0. The smallest absolute Gasteiger partial charge is 0.151 e. The van der Waals surface area contributed by atoms with Crippen LogP contribution in [0, 0.1) is 5.82 Å². The van der Waals surface area contributed by atoms with Crippen LogP contribution in [0.2, 0.25) is 0 Å². The standard InChI is InChI=1S/C19H18FN5O/c20-12-4-5-17(26)15(7-12)16-9-19(23-22-16)25-11-13-8-14(25)10-24(13)18-3-1-2-6-21-18/h1-7,9,13-14,26H,8,10-11H2,(H,22,23). The summed E-state index contributed by atoms with van der Waals surface area (Å²) >= 11 is 0. The van der Waals surface area contributed by atoms with Crippen LogP contribution in [-0.4, -0.2) is 45.5 Å². The lowest BCUT2D eigenvalue weighted by molar-refractivity contribution is 0.475. The molecule has 3 aromatic rings. The number of hydrogen-bond acceptors (Lipinski definition) is 5. The molecule has 0 saturated carbocycles. The summed E-state index contributed by atoms with van der Waals surface area (Å²) in [6, 6.07) is 12.6. The van der Waals surface area contributed by atoms with Crippen molar-refractivity contribution in [3.8, 4) is 17.0 Å². The molecule has 2 aromatic heterocycles. The van der Waals surface area contributed by atoms with Gasteiger partial charge in [-0.1, -0.05) is 6.07 Å². The Hall–Kier alpha value is -3.09. The second-order valence-electron chi connectivity index (χ2n) is 6.84. The van der Waals surface area contributed by atoms with E-state index < -0.39 is 0 Å². The number of rotatable bonds is 3. The van der Waals surface area contributed by atoms with Gasteiger partial charge in [-0.2, -0.15) is 5.10 Å². The Morgan fingerprint density at radius 3 is 2.58 bits per heavy atom. The van der Waals surface area contributed by atoms with Crippen LogP contribution in [0.15, 0.2) is 48.7 Å². The van der Waals surface area contributed by atoms with Crippen LogP contribution >= 0.6 is 0 Å². The fraction of sp³-hybridized carbons (Fsp3) is 0.263. The Labute approximate surface area is 149 Å². The lowest BCUT2D eigenvalue weighted by Gasteiger charge is -2.34. The molecule has 2 aliphatic heterocycles. The number of nitrogens with one attached hydrogen (secondary N) is 1. The highest BCUT2D eigenvalue weighted by Gasteiger charge is 2.44. The van der Waals surface area contributed by atoms with E-state index in [1.807, 2.05) is 30.5 Å². The number of aromatic nitrogens is 3. The number of phenols is 1. The maximum atomic E-state index is 13.5. The molecule has 1 aromatic carbocycles. The van der Waals surface area contributed by atoms with Gasteiger partial charge in [-0.3, -0.25) is 5.10 Å². The highest BCUT2D eigenvalue weighted by atomic mass is 19.1.